The van der Waals surface area contributed by atoms with Gasteiger partial charge in [-0.2, -0.15) is 0 Å². The van der Waals surface area contributed by atoms with Crippen molar-refractivity contribution in [3.63, 3.8) is 0 Å². The molecule has 0 unspecified atom stereocenters. The first-order valence-electron chi connectivity index (χ1n) is 7.51. The Morgan fingerprint density at radius 3 is 2.58 bits per heavy atom. The van der Waals surface area contributed by atoms with Gasteiger partial charge in [0.25, 0.3) is 5.91 Å². The number of likely N-dealkylation sites (tertiary alicyclic amines) is 1. The molecule has 0 spiro atoms. The predicted octanol–water partition coefficient (Wildman–Crippen LogP) is 3.05. The van der Waals surface area contributed by atoms with Crippen LogP contribution in [0.1, 0.15) is 23.2 Å². The van der Waals surface area contributed by atoms with Crippen LogP contribution in [0.5, 0.6) is 5.88 Å². The van der Waals surface area contributed by atoms with Crippen LogP contribution in [0.2, 0.25) is 10.0 Å². The van der Waals surface area contributed by atoms with E-state index in [9.17, 15) is 4.79 Å². The Balaban J connectivity index is 1.57. The largest absolute Gasteiger partial charge is 0.474 e. The van der Waals surface area contributed by atoms with Gasteiger partial charge in [-0.05, 0) is 12.1 Å². The lowest BCUT2D eigenvalue weighted by Crippen LogP contribution is -2.41. The zero-order chi connectivity index (χ0) is 17.1. The number of carbonyl (C=O) groups excluding carboxylic acids is 1. The van der Waals surface area contributed by atoms with E-state index in [1.807, 2.05) is 0 Å². The maximum Gasteiger partial charge on any atom is 0.255 e. The molecule has 1 saturated heterocycles. The molecule has 2 aromatic heterocycles. The molecule has 1 fully saturated rings. The van der Waals surface area contributed by atoms with Crippen molar-refractivity contribution in [1.29, 1.82) is 0 Å². The molecule has 0 saturated carbocycles. The number of aromatic nitrogens is 2. The van der Waals surface area contributed by atoms with E-state index in [4.69, 9.17) is 33.7 Å². The lowest BCUT2D eigenvalue weighted by atomic mass is 10.1. The van der Waals surface area contributed by atoms with E-state index in [0.717, 1.165) is 12.8 Å². The molecule has 8 heteroatoms. The fourth-order valence-electron chi connectivity index (χ4n) is 2.53. The molecule has 2 aromatic rings. The molecular weight excluding hydrogens is 351 g/mol. The van der Waals surface area contributed by atoms with Crippen molar-refractivity contribution in [3.8, 4) is 5.88 Å². The van der Waals surface area contributed by atoms with Crippen LogP contribution in [-0.4, -0.2) is 40.0 Å². The molecule has 1 amide bonds. The van der Waals surface area contributed by atoms with E-state index in [2.05, 4.69) is 9.97 Å². The highest BCUT2D eigenvalue weighted by Crippen LogP contribution is 2.22. The molecule has 0 aliphatic carbocycles. The highest BCUT2D eigenvalue weighted by atomic mass is 35.5. The number of nitrogens with zero attached hydrogens (tertiary/aromatic N) is 3. The monoisotopic (exact) mass is 366 g/mol. The minimum Gasteiger partial charge on any atom is -0.474 e. The average molecular weight is 367 g/mol. The summed E-state index contributed by atoms with van der Waals surface area (Å²) in [6, 6.07) is 5.02. The summed E-state index contributed by atoms with van der Waals surface area (Å²) >= 11 is 11.7. The van der Waals surface area contributed by atoms with Gasteiger partial charge in [0.05, 0.1) is 15.6 Å². The number of ether oxygens (including phenoxy) is 1. The van der Waals surface area contributed by atoms with Crippen molar-refractivity contribution in [2.75, 3.05) is 18.8 Å². The highest BCUT2D eigenvalue weighted by molar-refractivity contribution is 6.33. The first kappa shape index (κ1) is 16.8. The maximum atomic E-state index is 12.5. The second kappa shape index (κ2) is 7.23. The summed E-state index contributed by atoms with van der Waals surface area (Å²) < 4.78 is 5.82. The molecule has 0 aromatic carbocycles. The summed E-state index contributed by atoms with van der Waals surface area (Å²) in [5.41, 5.74) is 6.01. The molecule has 126 valence electrons. The SMILES string of the molecule is Nc1ncc(C(=O)N2CCC(Oc3ccc(Cl)cn3)CC2)cc1Cl. The van der Waals surface area contributed by atoms with Crippen molar-refractivity contribution in [3.05, 3.63) is 46.2 Å². The summed E-state index contributed by atoms with van der Waals surface area (Å²) in [4.78, 5) is 22.3. The van der Waals surface area contributed by atoms with Gasteiger partial charge in [-0.3, -0.25) is 4.79 Å². The Labute approximate surface area is 149 Å². The number of hydrogen-bond donors (Lipinski definition) is 1. The molecule has 6 nitrogen and oxygen atoms in total. The summed E-state index contributed by atoms with van der Waals surface area (Å²) in [7, 11) is 0. The third-order valence-electron chi connectivity index (χ3n) is 3.83. The number of amides is 1. The number of anilines is 1. The second-order valence-electron chi connectivity index (χ2n) is 5.52. The topological polar surface area (TPSA) is 81.3 Å². The smallest absolute Gasteiger partial charge is 0.255 e. The van der Waals surface area contributed by atoms with Gasteiger partial charge in [0.2, 0.25) is 5.88 Å². The van der Waals surface area contributed by atoms with E-state index in [1.54, 1.807) is 29.3 Å². The van der Waals surface area contributed by atoms with E-state index < -0.39 is 0 Å². The van der Waals surface area contributed by atoms with Gasteiger partial charge in [0.1, 0.15) is 11.9 Å². The Kier molecular flexibility index (Phi) is 5.06. The number of hydrogen-bond acceptors (Lipinski definition) is 5. The fraction of sp³-hybridized carbons (Fsp3) is 0.312. The molecule has 24 heavy (non-hydrogen) atoms. The van der Waals surface area contributed by atoms with Gasteiger partial charge in [-0.1, -0.05) is 23.2 Å². The molecule has 0 atom stereocenters. The highest BCUT2D eigenvalue weighted by Gasteiger charge is 2.25. The van der Waals surface area contributed by atoms with Gasteiger partial charge in [0, 0.05) is 44.4 Å². The van der Waals surface area contributed by atoms with E-state index in [-0.39, 0.29) is 22.9 Å². The van der Waals surface area contributed by atoms with Crippen LogP contribution in [0.4, 0.5) is 5.82 Å². The Morgan fingerprint density at radius 1 is 1.21 bits per heavy atom. The normalized spacial score (nSPS) is 15.3. The number of piperidine rings is 1. The van der Waals surface area contributed by atoms with Gasteiger partial charge >= 0.3 is 0 Å². The van der Waals surface area contributed by atoms with Crippen LogP contribution in [0, 0.1) is 0 Å². The Morgan fingerprint density at radius 2 is 1.96 bits per heavy atom. The van der Waals surface area contributed by atoms with Crippen molar-refractivity contribution in [2.24, 2.45) is 0 Å². The summed E-state index contributed by atoms with van der Waals surface area (Å²) in [5, 5.41) is 0.853. The van der Waals surface area contributed by atoms with E-state index >= 15 is 0 Å². The quantitative estimate of drug-likeness (QED) is 0.902. The molecule has 1 aliphatic rings. The number of pyridine rings is 2. The average Bonchev–Trinajstić information content (AvgIpc) is 2.59. The molecule has 3 heterocycles. The zero-order valence-corrected chi connectivity index (χ0v) is 14.3. The standard InChI is InChI=1S/C16H16Cl2N4O2/c17-11-1-2-14(20-9-11)24-12-3-5-22(6-4-12)16(23)10-7-13(18)15(19)21-8-10/h1-2,7-9,12H,3-6H2,(H2,19,21). The molecule has 2 N–H and O–H groups in total. The lowest BCUT2D eigenvalue weighted by molar-refractivity contribution is 0.0587. The maximum absolute atomic E-state index is 12.5. The third-order valence-corrected chi connectivity index (χ3v) is 4.36. The van der Waals surface area contributed by atoms with E-state index in [0.29, 0.717) is 29.6 Å². The number of nitrogen functional groups attached to an aromatic ring is 1. The predicted molar refractivity (Wildman–Crippen MR) is 92.5 cm³/mol. The van der Waals surface area contributed by atoms with Crippen molar-refractivity contribution in [2.45, 2.75) is 18.9 Å². The van der Waals surface area contributed by atoms with Gasteiger partial charge < -0.3 is 15.4 Å². The minimum absolute atomic E-state index is 0.0239. The van der Waals surface area contributed by atoms with E-state index in [1.165, 1.54) is 6.20 Å². The number of nitrogens with two attached hydrogens (primary N) is 1. The van der Waals surface area contributed by atoms with Gasteiger partial charge in [-0.15, -0.1) is 0 Å². The molecular formula is C16H16Cl2N4O2. The molecule has 3 rings (SSSR count). The van der Waals surface area contributed by atoms with Crippen molar-refractivity contribution >= 4 is 34.9 Å². The summed E-state index contributed by atoms with van der Waals surface area (Å²) in [5.74, 6) is 0.655. The number of halogens is 2. The minimum atomic E-state index is -0.104. The van der Waals surface area contributed by atoms with Crippen LogP contribution in [0.15, 0.2) is 30.6 Å². The van der Waals surface area contributed by atoms with Gasteiger partial charge in [0.15, 0.2) is 0 Å². The van der Waals surface area contributed by atoms with Crippen LogP contribution in [-0.2, 0) is 0 Å². The second-order valence-corrected chi connectivity index (χ2v) is 6.36. The third kappa shape index (κ3) is 3.88. The number of carbonyl (C=O) groups is 1. The van der Waals surface area contributed by atoms with Crippen molar-refractivity contribution < 1.29 is 9.53 Å². The van der Waals surface area contributed by atoms with Crippen LogP contribution in [0.25, 0.3) is 0 Å². The van der Waals surface area contributed by atoms with Crippen molar-refractivity contribution in [1.82, 2.24) is 14.9 Å². The van der Waals surface area contributed by atoms with Gasteiger partial charge in [-0.25, -0.2) is 9.97 Å². The first-order chi connectivity index (χ1) is 11.5. The summed E-state index contributed by atoms with van der Waals surface area (Å²) in [6.45, 7) is 1.19. The number of rotatable bonds is 3. The Hall–Kier alpha value is -2.05. The van der Waals surface area contributed by atoms with Crippen LogP contribution < -0.4 is 10.5 Å². The molecule has 1 aliphatic heterocycles. The zero-order valence-electron chi connectivity index (χ0n) is 12.8. The summed E-state index contributed by atoms with van der Waals surface area (Å²) in [6.07, 6.45) is 4.48. The Bertz CT molecular complexity index is 731. The lowest BCUT2D eigenvalue weighted by Gasteiger charge is -2.32. The molecule has 0 bridgehead atoms. The fourth-order valence-corrected chi connectivity index (χ4v) is 2.81. The first-order valence-corrected chi connectivity index (χ1v) is 8.27. The van der Waals surface area contributed by atoms with Crippen LogP contribution >= 0.6 is 23.2 Å². The van der Waals surface area contributed by atoms with Crippen LogP contribution in [0.3, 0.4) is 0 Å². The molecule has 0 radical (unpaired) electrons.